The molecule has 1 atom stereocenters. The van der Waals surface area contributed by atoms with Crippen molar-refractivity contribution in [3.05, 3.63) is 71.5 Å². The van der Waals surface area contributed by atoms with Gasteiger partial charge in [0.2, 0.25) is 11.8 Å². The van der Waals surface area contributed by atoms with E-state index in [0.717, 1.165) is 5.56 Å². The fourth-order valence-corrected chi connectivity index (χ4v) is 3.17. The summed E-state index contributed by atoms with van der Waals surface area (Å²) in [4.78, 5) is 25.9. The molecule has 1 fully saturated rings. The Hall–Kier alpha value is -2.69. The highest BCUT2D eigenvalue weighted by atomic mass is 19.1. The molecule has 0 spiro atoms. The van der Waals surface area contributed by atoms with Crippen LogP contribution in [0.5, 0.6) is 0 Å². The van der Waals surface area contributed by atoms with E-state index in [9.17, 15) is 14.0 Å². The number of carbonyl (C=O) groups is 2. The number of hydrogen-bond acceptors (Lipinski definition) is 2. The lowest BCUT2D eigenvalue weighted by molar-refractivity contribution is -0.131. The molecule has 0 unspecified atom stereocenters. The van der Waals surface area contributed by atoms with Crippen LogP contribution in [0.2, 0.25) is 0 Å². The Kier molecular flexibility index (Phi) is 5.43. The molecule has 0 saturated carbocycles. The molecule has 5 heteroatoms. The second-order valence-electron chi connectivity index (χ2n) is 6.17. The van der Waals surface area contributed by atoms with Gasteiger partial charge in [0.1, 0.15) is 5.82 Å². The number of amides is 2. The van der Waals surface area contributed by atoms with Crippen LogP contribution in [0.4, 0.5) is 4.39 Å². The first-order valence-electron chi connectivity index (χ1n) is 8.49. The highest BCUT2D eigenvalue weighted by Gasteiger charge is 2.25. The maximum Gasteiger partial charge on any atom is 0.223 e. The zero-order valence-electron chi connectivity index (χ0n) is 14.0. The first kappa shape index (κ1) is 17.1. The molecule has 0 radical (unpaired) electrons. The summed E-state index contributed by atoms with van der Waals surface area (Å²) >= 11 is 0. The minimum Gasteiger partial charge on any atom is -0.354 e. The predicted molar refractivity (Wildman–Crippen MR) is 93.5 cm³/mol. The molecule has 1 N–H and O–H groups in total. The molecular weight excluding hydrogens is 319 g/mol. The molecule has 25 heavy (non-hydrogen) atoms. The van der Waals surface area contributed by atoms with Crippen LogP contribution in [0.3, 0.4) is 0 Å². The van der Waals surface area contributed by atoms with Crippen molar-refractivity contribution in [2.24, 2.45) is 0 Å². The Bertz CT molecular complexity index is 748. The van der Waals surface area contributed by atoms with Crippen molar-refractivity contribution in [3.8, 4) is 0 Å². The Morgan fingerprint density at radius 2 is 1.80 bits per heavy atom. The topological polar surface area (TPSA) is 49.4 Å². The van der Waals surface area contributed by atoms with Crippen molar-refractivity contribution in [2.75, 3.05) is 19.6 Å². The maximum atomic E-state index is 14.4. The van der Waals surface area contributed by atoms with Crippen LogP contribution < -0.4 is 5.32 Å². The molecule has 2 aromatic carbocycles. The molecular formula is C20H21FN2O2. The highest BCUT2D eigenvalue weighted by Crippen LogP contribution is 2.30. The van der Waals surface area contributed by atoms with Crippen LogP contribution in [-0.4, -0.2) is 36.3 Å². The first-order chi connectivity index (χ1) is 12.1. The minimum absolute atomic E-state index is 0.0380. The van der Waals surface area contributed by atoms with Gasteiger partial charge in [-0.2, -0.15) is 0 Å². The second-order valence-corrected chi connectivity index (χ2v) is 6.17. The normalized spacial score (nSPS) is 16.0. The smallest absolute Gasteiger partial charge is 0.223 e. The van der Waals surface area contributed by atoms with Gasteiger partial charge in [0.25, 0.3) is 0 Å². The largest absolute Gasteiger partial charge is 0.354 e. The van der Waals surface area contributed by atoms with E-state index in [1.165, 1.54) is 6.07 Å². The Labute approximate surface area is 146 Å². The maximum absolute atomic E-state index is 14.4. The van der Waals surface area contributed by atoms with E-state index in [-0.39, 0.29) is 30.0 Å². The summed E-state index contributed by atoms with van der Waals surface area (Å²) in [5.41, 5.74) is 1.43. The average molecular weight is 340 g/mol. The summed E-state index contributed by atoms with van der Waals surface area (Å²) in [6, 6.07) is 16.1. The SMILES string of the molecule is O=C1CCN(C(=O)C[C@H](c2ccccc2)c2ccccc2F)CCN1. The summed E-state index contributed by atoms with van der Waals surface area (Å²) in [5.74, 6) is -0.753. The number of hydrogen-bond donors (Lipinski definition) is 1. The molecule has 4 nitrogen and oxygen atoms in total. The number of carbonyl (C=O) groups excluding carboxylic acids is 2. The lowest BCUT2D eigenvalue weighted by atomic mass is 9.87. The van der Waals surface area contributed by atoms with Gasteiger partial charge in [0.05, 0.1) is 0 Å². The fourth-order valence-electron chi connectivity index (χ4n) is 3.17. The van der Waals surface area contributed by atoms with Crippen LogP contribution in [0.15, 0.2) is 54.6 Å². The molecule has 3 rings (SSSR count). The van der Waals surface area contributed by atoms with Crippen molar-refractivity contribution in [3.63, 3.8) is 0 Å². The monoisotopic (exact) mass is 340 g/mol. The number of nitrogens with zero attached hydrogens (tertiary/aromatic N) is 1. The van der Waals surface area contributed by atoms with Gasteiger partial charge in [0.15, 0.2) is 0 Å². The summed E-state index contributed by atoms with van der Waals surface area (Å²) in [6.45, 7) is 1.35. The standard InChI is InChI=1S/C20H21FN2O2/c21-18-9-5-4-8-16(18)17(15-6-2-1-3-7-15)14-20(25)23-12-10-19(24)22-11-13-23/h1-9,17H,10-14H2,(H,22,24)/t17-/m1/s1. The Morgan fingerprint density at radius 3 is 2.56 bits per heavy atom. The van der Waals surface area contributed by atoms with Crippen LogP contribution in [0, 0.1) is 5.82 Å². The summed E-state index contributed by atoms with van der Waals surface area (Å²) in [7, 11) is 0. The van der Waals surface area contributed by atoms with E-state index in [2.05, 4.69) is 5.32 Å². The third-order valence-corrected chi connectivity index (χ3v) is 4.53. The van der Waals surface area contributed by atoms with Crippen molar-refractivity contribution in [1.29, 1.82) is 0 Å². The number of halogens is 1. The van der Waals surface area contributed by atoms with Gasteiger partial charge in [-0.15, -0.1) is 0 Å². The quantitative estimate of drug-likeness (QED) is 0.930. The van der Waals surface area contributed by atoms with Crippen LogP contribution in [0.1, 0.15) is 29.9 Å². The van der Waals surface area contributed by atoms with Gasteiger partial charge in [0, 0.05) is 38.4 Å². The average Bonchev–Trinajstić information content (AvgIpc) is 2.86. The zero-order chi connectivity index (χ0) is 17.6. The lowest BCUT2D eigenvalue weighted by Crippen LogP contribution is -2.35. The summed E-state index contributed by atoms with van der Waals surface area (Å²) < 4.78 is 14.4. The van der Waals surface area contributed by atoms with Gasteiger partial charge in [-0.1, -0.05) is 48.5 Å². The van der Waals surface area contributed by atoms with Gasteiger partial charge in [-0.3, -0.25) is 9.59 Å². The van der Waals surface area contributed by atoms with Crippen LogP contribution in [-0.2, 0) is 9.59 Å². The number of rotatable bonds is 4. The number of benzene rings is 2. The van der Waals surface area contributed by atoms with Crippen molar-refractivity contribution in [2.45, 2.75) is 18.8 Å². The third kappa shape index (κ3) is 4.24. The molecule has 1 aliphatic heterocycles. The van der Waals surface area contributed by atoms with Gasteiger partial charge >= 0.3 is 0 Å². The molecule has 0 bridgehead atoms. The minimum atomic E-state index is -0.346. The number of nitrogens with one attached hydrogen (secondary N) is 1. The van der Waals surface area contributed by atoms with E-state index in [4.69, 9.17) is 0 Å². The molecule has 2 amide bonds. The fraction of sp³-hybridized carbons (Fsp3) is 0.300. The first-order valence-corrected chi connectivity index (χ1v) is 8.49. The Balaban J connectivity index is 1.84. The predicted octanol–water partition coefficient (Wildman–Crippen LogP) is 2.70. The molecule has 0 aromatic heterocycles. The van der Waals surface area contributed by atoms with E-state index in [0.29, 0.717) is 31.6 Å². The van der Waals surface area contributed by atoms with Gasteiger partial charge in [-0.05, 0) is 17.2 Å². The molecule has 1 saturated heterocycles. The molecule has 1 aliphatic rings. The summed E-state index contributed by atoms with van der Waals surface area (Å²) in [5, 5.41) is 2.76. The van der Waals surface area contributed by atoms with E-state index in [1.54, 1.807) is 23.1 Å². The van der Waals surface area contributed by atoms with E-state index < -0.39 is 0 Å². The van der Waals surface area contributed by atoms with E-state index in [1.807, 2.05) is 30.3 Å². The lowest BCUT2D eigenvalue weighted by Gasteiger charge is -2.24. The van der Waals surface area contributed by atoms with E-state index >= 15 is 0 Å². The molecule has 2 aromatic rings. The van der Waals surface area contributed by atoms with Crippen LogP contribution in [0.25, 0.3) is 0 Å². The van der Waals surface area contributed by atoms with Crippen molar-refractivity contribution in [1.82, 2.24) is 10.2 Å². The van der Waals surface area contributed by atoms with Crippen molar-refractivity contribution < 1.29 is 14.0 Å². The van der Waals surface area contributed by atoms with Crippen molar-refractivity contribution >= 4 is 11.8 Å². The Morgan fingerprint density at radius 1 is 1.08 bits per heavy atom. The molecule has 1 heterocycles. The van der Waals surface area contributed by atoms with Crippen LogP contribution >= 0.6 is 0 Å². The third-order valence-electron chi connectivity index (χ3n) is 4.53. The second kappa shape index (κ2) is 7.92. The summed E-state index contributed by atoms with van der Waals surface area (Å²) in [6.07, 6.45) is 0.487. The van der Waals surface area contributed by atoms with Gasteiger partial charge in [-0.25, -0.2) is 4.39 Å². The van der Waals surface area contributed by atoms with Gasteiger partial charge < -0.3 is 10.2 Å². The highest BCUT2D eigenvalue weighted by molar-refractivity contribution is 5.81. The molecule has 130 valence electrons. The molecule has 0 aliphatic carbocycles. The zero-order valence-corrected chi connectivity index (χ0v) is 14.0.